The topological polar surface area (TPSA) is 113 Å². The molecule has 0 unspecified atom stereocenters. The van der Waals surface area contributed by atoms with Crippen LogP contribution in [-0.2, 0) is 21.2 Å². The molecule has 170 valence electrons. The summed E-state index contributed by atoms with van der Waals surface area (Å²) >= 11 is 18.2. The molecule has 0 saturated heterocycles. The largest absolute Gasteiger partial charge is 0.333 e. The zero-order valence-electron chi connectivity index (χ0n) is 16.3. The van der Waals surface area contributed by atoms with E-state index in [0.717, 1.165) is 11.0 Å². The van der Waals surface area contributed by atoms with E-state index in [4.69, 9.17) is 34.8 Å². The van der Waals surface area contributed by atoms with E-state index in [0.29, 0.717) is 33.2 Å². The molecule has 0 spiro atoms. The molecule has 3 aromatic rings. The fourth-order valence-electron chi connectivity index (χ4n) is 3.14. The number of carbonyl (C=O) groups excluding carboxylic acids is 3. The van der Waals surface area contributed by atoms with Crippen LogP contribution in [0.2, 0.25) is 14.4 Å². The second-order valence-corrected chi connectivity index (χ2v) is 11.2. The Hall–Kier alpha value is -2.63. The number of urea groups is 1. The summed E-state index contributed by atoms with van der Waals surface area (Å²) in [6, 6.07) is 10.6. The lowest BCUT2D eigenvalue weighted by Crippen LogP contribution is -2.42. The molecule has 2 aromatic carbocycles. The summed E-state index contributed by atoms with van der Waals surface area (Å²) in [6.07, 6.45) is 0.0126. The molecular weight excluding hydrogens is 533 g/mol. The van der Waals surface area contributed by atoms with E-state index in [1.54, 1.807) is 18.2 Å². The number of amides is 4. The van der Waals surface area contributed by atoms with Crippen LogP contribution in [0.15, 0.2) is 52.7 Å². The van der Waals surface area contributed by atoms with Crippen LogP contribution in [-0.4, -0.2) is 26.3 Å². The number of anilines is 2. The van der Waals surface area contributed by atoms with E-state index in [1.807, 2.05) is 4.72 Å². The predicted molar refractivity (Wildman–Crippen MR) is 127 cm³/mol. The van der Waals surface area contributed by atoms with Crippen LogP contribution >= 0.6 is 46.1 Å². The summed E-state index contributed by atoms with van der Waals surface area (Å²) in [5.74, 6) is -0.914. The van der Waals surface area contributed by atoms with Crippen molar-refractivity contribution in [2.45, 2.75) is 10.6 Å². The van der Waals surface area contributed by atoms with Gasteiger partial charge in [0.1, 0.15) is 8.55 Å². The van der Waals surface area contributed by atoms with Gasteiger partial charge < -0.3 is 5.32 Å². The third-order valence-electron chi connectivity index (χ3n) is 4.59. The minimum absolute atomic E-state index is 0.0126. The number of hydrogen-bond donors (Lipinski definition) is 2. The normalized spacial score (nSPS) is 13.6. The Balaban J connectivity index is 1.47. The van der Waals surface area contributed by atoms with E-state index in [9.17, 15) is 22.8 Å². The smallest absolute Gasteiger partial charge is 0.307 e. The molecule has 33 heavy (non-hydrogen) atoms. The highest BCUT2D eigenvalue weighted by atomic mass is 35.5. The minimum atomic E-state index is -4.17. The van der Waals surface area contributed by atoms with Crippen LogP contribution in [0, 0.1) is 0 Å². The Labute approximate surface area is 207 Å². The van der Waals surface area contributed by atoms with E-state index in [1.165, 1.54) is 24.3 Å². The molecule has 1 aliphatic heterocycles. The molecule has 2 heterocycles. The van der Waals surface area contributed by atoms with Gasteiger partial charge >= 0.3 is 6.03 Å². The first-order valence-corrected chi connectivity index (χ1v) is 12.5. The molecule has 8 nitrogen and oxygen atoms in total. The first-order chi connectivity index (χ1) is 15.5. The van der Waals surface area contributed by atoms with Gasteiger partial charge in [-0.25, -0.2) is 22.8 Å². The second-order valence-electron chi connectivity index (χ2n) is 6.81. The first-order valence-electron chi connectivity index (χ1n) is 9.09. The van der Waals surface area contributed by atoms with Crippen molar-refractivity contribution in [3.05, 3.63) is 74.0 Å². The van der Waals surface area contributed by atoms with Crippen molar-refractivity contribution in [2.24, 2.45) is 0 Å². The van der Waals surface area contributed by atoms with E-state index in [-0.39, 0.29) is 25.7 Å². The molecule has 1 aliphatic rings. The minimum Gasteiger partial charge on any atom is -0.307 e. The standard InChI is InChI=1S/C20H12Cl3N3O5S2/c21-11-1-6-14-10(7-11)8-16(27)26(19(14)28)13-4-2-12(3-5-13)24-20(29)25-33(30,31)17-9-15(22)18(23)32-17/h1-7,9H,8H2,(H2,24,25,29). The van der Waals surface area contributed by atoms with Crippen molar-refractivity contribution in [3.63, 3.8) is 0 Å². The Morgan fingerprint density at radius 2 is 1.70 bits per heavy atom. The van der Waals surface area contributed by atoms with Gasteiger partial charge in [-0.2, -0.15) is 0 Å². The quantitative estimate of drug-likeness (QED) is 0.451. The predicted octanol–water partition coefficient (Wildman–Crippen LogP) is 4.95. The molecule has 4 amide bonds. The van der Waals surface area contributed by atoms with Gasteiger partial charge in [-0.3, -0.25) is 9.59 Å². The zero-order chi connectivity index (χ0) is 23.9. The maximum atomic E-state index is 12.8. The lowest BCUT2D eigenvalue weighted by molar-refractivity contribution is -0.117. The number of nitrogens with zero attached hydrogens (tertiary/aromatic N) is 1. The Kier molecular flexibility index (Phi) is 6.39. The third kappa shape index (κ3) is 4.85. The number of fused-ring (bicyclic) bond motifs is 1. The summed E-state index contributed by atoms with van der Waals surface area (Å²) < 4.78 is 26.3. The van der Waals surface area contributed by atoms with Crippen LogP contribution in [0.25, 0.3) is 0 Å². The number of carbonyl (C=O) groups is 3. The van der Waals surface area contributed by atoms with Gasteiger partial charge in [0.2, 0.25) is 5.91 Å². The van der Waals surface area contributed by atoms with Gasteiger partial charge in [-0.15, -0.1) is 11.3 Å². The number of benzene rings is 2. The molecule has 0 saturated carbocycles. The lowest BCUT2D eigenvalue weighted by atomic mass is 9.98. The number of thiophene rings is 1. The number of imide groups is 1. The summed E-state index contributed by atoms with van der Waals surface area (Å²) in [4.78, 5) is 38.6. The first kappa shape index (κ1) is 23.5. The number of rotatable bonds is 4. The molecule has 0 fully saturated rings. The molecule has 4 rings (SSSR count). The number of sulfonamides is 1. The molecule has 2 N–H and O–H groups in total. The van der Waals surface area contributed by atoms with Crippen LogP contribution < -0.4 is 14.9 Å². The Morgan fingerprint density at radius 1 is 1.00 bits per heavy atom. The van der Waals surface area contributed by atoms with Gasteiger partial charge in [0, 0.05) is 16.3 Å². The van der Waals surface area contributed by atoms with E-state index < -0.39 is 27.9 Å². The van der Waals surface area contributed by atoms with Crippen LogP contribution in [0.3, 0.4) is 0 Å². The van der Waals surface area contributed by atoms with Gasteiger partial charge in [0.25, 0.3) is 15.9 Å². The van der Waals surface area contributed by atoms with Crippen molar-refractivity contribution in [3.8, 4) is 0 Å². The summed E-state index contributed by atoms with van der Waals surface area (Å²) in [6.45, 7) is 0. The Morgan fingerprint density at radius 3 is 2.33 bits per heavy atom. The summed E-state index contributed by atoms with van der Waals surface area (Å²) in [7, 11) is -4.17. The average Bonchev–Trinajstić information content (AvgIpc) is 3.08. The fraction of sp³-hybridized carbons (Fsp3) is 0.0500. The van der Waals surface area contributed by atoms with E-state index in [2.05, 4.69) is 5.32 Å². The highest BCUT2D eigenvalue weighted by molar-refractivity contribution is 7.92. The van der Waals surface area contributed by atoms with Crippen molar-refractivity contribution in [1.29, 1.82) is 0 Å². The number of halogens is 3. The highest BCUT2D eigenvalue weighted by Crippen LogP contribution is 2.34. The molecule has 0 atom stereocenters. The van der Waals surface area contributed by atoms with Crippen molar-refractivity contribution in [2.75, 3.05) is 10.2 Å². The number of hydrogen-bond acceptors (Lipinski definition) is 6. The van der Waals surface area contributed by atoms with Gasteiger partial charge in [-0.05, 0) is 54.1 Å². The highest BCUT2D eigenvalue weighted by Gasteiger charge is 2.32. The molecule has 0 aliphatic carbocycles. The maximum Gasteiger partial charge on any atom is 0.333 e. The van der Waals surface area contributed by atoms with Gasteiger partial charge in [0.05, 0.1) is 17.1 Å². The molecule has 0 radical (unpaired) electrons. The van der Waals surface area contributed by atoms with Crippen LogP contribution in [0.4, 0.5) is 16.2 Å². The zero-order valence-corrected chi connectivity index (χ0v) is 20.2. The van der Waals surface area contributed by atoms with Crippen molar-refractivity contribution < 1.29 is 22.8 Å². The molecule has 1 aromatic heterocycles. The van der Waals surface area contributed by atoms with Crippen molar-refractivity contribution >= 4 is 85.4 Å². The summed E-state index contributed by atoms with van der Waals surface area (Å²) in [5, 5.41) is 2.86. The lowest BCUT2D eigenvalue weighted by Gasteiger charge is -2.27. The third-order valence-corrected chi connectivity index (χ3v) is 8.49. The SMILES string of the molecule is O=C(Nc1ccc(N2C(=O)Cc3cc(Cl)ccc3C2=O)cc1)NS(=O)(=O)c1cc(Cl)c(Cl)s1. The van der Waals surface area contributed by atoms with Crippen LogP contribution in [0.5, 0.6) is 0 Å². The molecular formula is C20H12Cl3N3O5S2. The molecule has 0 bridgehead atoms. The monoisotopic (exact) mass is 543 g/mol. The van der Waals surface area contributed by atoms with Crippen LogP contribution in [0.1, 0.15) is 15.9 Å². The average molecular weight is 545 g/mol. The number of nitrogens with one attached hydrogen (secondary N) is 2. The second kappa shape index (κ2) is 8.96. The fourth-order valence-corrected chi connectivity index (χ4v) is 6.12. The Bertz CT molecular complexity index is 1390. The van der Waals surface area contributed by atoms with Crippen molar-refractivity contribution in [1.82, 2.24) is 4.72 Å². The van der Waals surface area contributed by atoms with Gasteiger partial charge in [-0.1, -0.05) is 34.8 Å². The molecule has 13 heteroatoms. The summed E-state index contributed by atoms with van der Waals surface area (Å²) in [5.41, 5.74) is 1.46. The van der Waals surface area contributed by atoms with E-state index >= 15 is 0 Å². The maximum absolute atomic E-state index is 12.8. The van der Waals surface area contributed by atoms with Gasteiger partial charge in [0.15, 0.2) is 0 Å².